The fourth-order valence-corrected chi connectivity index (χ4v) is 21.9. The Kier molecular flexibility index (Phi) is 20.1. The van der Waals surface area contributed by atoms with Crippen molar-refractivity contribution < 1.29 is 17.7 Å². The molecule has 8 heteroatoms. The van der Waals surface area contributed by atoms with Gasteiger partial charge in [0.1, 0.15) is 44.7 Å². The average Bonchev–Trinajstić information content (AvgIpc) is 1.57. The number of nitrogens with zero attached hydrogens (tertiary/aromatic N) is 4. The predicted molar refractivity (Wildman–Crippen MR) is 595 cm³/mol. The van der Waals surface area contributed by atoms with E-state index in [4.69, 9.17) is 17.7 Å². The summed E-state index contributed by atoms with van der Waals surface area (Å²) in [5.74, 6) is 0. The van der Waals surface area contributed by atoms with E-state index in [0.717, 1.165) is 245 Å². The summed E-state index contributed by atoms with van der Waals surface area (Å²) in [7, 11) is 0. The second kappa shape index (κ2) is 34.4. The van der Waals surface area contributed by atoms with Gasteiger partial charge >= 0.3 is 0 Å². The molecule has 0 atom stereocenters. The summed E-state index contributed by atoms with van der Waals surface area (Å²) in [4.78, 5) is 9.48. The molecular weight excluding hydrogens is 1740 g/mol. The molecular formula is C135H90N4O4. The van der Waals surface area contributed by atoms with Crippen molar-refractivity contribution in [2.75, 3.05) is 19.6 Å². The van der Waals surface area contributed by atoms with E-state index in [-0.39, 0.29) is 5.41 Å². The molecule has 0 bridgehead atoms. The van der Waals surface area contributed by atoms with Crippen LogP contribution in [0.2, 0.25) is 0 Å². The first-order chi connectivity index (χ1) is 70.6. The maximum Gasteiger partial charge on any atom is 0.143 e. The molecule has 0 saturated carbocycles. The molecule has 26 aromatic rings. The number of benzene rings is 22. The Bertz CT molecular complexity index is 9380. The molecule has 0 N–H and O–H groups in total. The number of hydrogen-bond acceptors (Lipinski definition) is 8. The van der Waals surface area contributed by atoms with E-state index < -0.39 is 0 Å². The van der Waals surface area contributed by atoms with Gasteiger partial charge in [-0.1, -0.05) is 341 Å². The number of fused-ring (bicyclic) bond motifs is 15. The van der Waals surface area contributed by atoms with E-state index in [2.05, 4.69) is 507 Å². The number of rotatable bonds is 20. The molecule has 4 aromatic heterocycles. The molecule has 27 rings (SSSR count). The molecule has 0 unspecified atom stereocenters. The van der Waals surface area contributed by atoms with Crippen LogP contribution in [-0.4, -0.2) is 0 Å². The van der Waals surface area contributed by atoms with Crippen LogP contribution in [0.25, 0.3) is 188 Å². The first-order valence-corrected chi connectivity index (χ1v) is 48.9. The Labute approximate surface area is 827 Å². The van der Waals surface area contributed by atoms with Gasteiger partial charge in [-0.05, 0) is 271 Å². The number of anilines is 12. The third-order valence-electron chi connectivity index (χ3n) is 29.1. The Morgan fingerprint density at radius 2 is 0.371 bits per heavy atom. The van der Waals surface area contributed by atoms with Gasteiger partial charge in [-0.15, -0.1) is 0 Å². The fraction of sp³-hybridized carbons (Fsp3) is 0.0222. The quantitative estimate of drug-likeness (QED) is 0.0748. The van der Waals surface area contributed by atoms with Gasteiger partial charge in [0.15, 0.2) is 0 Å². The van der Waals surface area contributed by atoms with Crippen LogP contribution >= 0.6 is 0 Å². The zero-order valence-electron chi connectivity index (χ0n) is 78.4. The van der Waals surface area contributed by atoms with Crippen LogP contribution in [-0.2, 0) is 5.41 Å². The lowest BCUT2D eigenvalue weighted by Gasteiger charge is -2.29. The zero-order chi connectivity index (χ0) is 94.7. The minimum absolute atomic E-state index is 0.364. The molecule has 1 aliphatic carbocycles. The van der Waals surface area contributed by atoms with Crippen molar-refractivity contribution in [1.29, 1.82) is 0 Å². The second-order valence-corrected chi connectivity index (χ2v) is 37.8. The molecule has 22 aromatic carbocycles. The van der Waals surface area contributed by atoms with Crippen LogP contribution < -0.4 is 19.6 Å². The molecule has 0 aliphatic heterocycles. The topological polar surface area (TPSA) is 65.5 Å². The maximum atomic E-state index is 7.01. The summed E-state index contributed by atoms with van der Waals surface area (Å²) in [5, 5.41) is 8.83. The smallest absolute Gasteiger partial charge is 0.143 e. The fourth-order valence-electron chi connectivity index (χ4n) is 21.9. The highest BCUT2D eigenvalue weighted by atomic mass is 16.3. The van der Waals surface area contributed by atoms with E-state index in [1.165, 1.54) is 22.3 Å². The molecule has 1 aliphatic rings. The molecule has 0 saturated heterocycles. The van der Waals surface area contributed by atoms with Gasteiger partial charge in [0.2, 0.25) is 0 Å². The lowest BCUT2D eigenvalue weighted by molar-refractivity contribution is 0.660. The van der Waals surface area contributed by atoms with E-state index in [9.17, 15) is 0 Å². The van der Waals surface area contributed by atoms with Gasteiger partial charge in [-0.25, -0.2) is 0 Å². The predicted octanol–water partition coefficient (Wildman–Crippen LogP) is 38.8. The minimum Gasteiger partial charge on any atom is -0.455 e. The minimum atomic E-state index is -0.364. The van der Waals surface area contributed by atoms with Gasteiger partial charge in [-0.2, -0.15) is 0 Å². The van der Waals surface area contributed by atoms with E-state index in [1.54, 1.807) is 0 Å². The average molecular weight is 1830 g/mol. The van der Waals surface area contributed by atoms with Gasteiger partial charge in [-0.3, -0.25) is 0 Å². The molecule has 8 nitrogen and oxygen atoms in total. The second-order valence-electron chi connectivity index (χ2n) is 37.8. The summed E-state index contributed by atoms with van der Waals surface area (Å²) in [6.45, 7) is 4.76. The maximum absolute atomic E-state index is 7.01. The van der Waals surface area contributed by atoms with Gasteiger partial charge in [0.25, 0.3) is 0 Å². The number of hydrogen-bond donors (Lipinski definition) is 0. The summed E-state index contributed by atoms with van der Waals surface area (Å²) in [5.41, 5.74) is 41.7. The van der Waals surface area contributed by atoms with Gasteiger partial charge in [0.05, 0.1) is 0 Å². The summed E-state index contributed by atoms with van der Waals surface area (Å²) < 4.78 is 26.5. The SMILES string of the molecule is CC1(C)c2cc(N(c3ccccc3)c3ccc(-c4cccc5c4oc4ccccc45)cc3)ccc2-c2ccc(N(c3ccccc3)c3ccc(-c4cc(-c5cccc(N(c6ccc(-c7ccc(-c8cccc9c8oc8ccccc89)cc7)cc6)c6ccc(-c7ccc(N(c8ccccc8)c8ccc(-c9ccc(-c%10cccc%11c%10oc%10ccccc%10%11)cc9)cc8)cc7)cc6)c5)cc5c4oc4ccccc45)cc3)cc21. The zero-order valence-corrected chi connectivity index (χ0v) is 78.4. The Morgan fingerprint density at radius 3 is 0.706 bits per heavy atom. The number of furan rings is 4. The normalized spacial score (nSPS) is 12.2. The molecule has 0 fully saturated rings. The van der Waals surface area contributed by atoms with Crippen molar-refractivity contribution in [2.45, 2.75) is 19.3 Å². The van der Waals surface area contributed by atoms with Gasteiger partial charge in [0, 0.05) is 139 Å². The van der Waals surface area contributed by atoms with Crippen molar-refractivity contribution in [3.63, 3.8) is 0 Å². The summed E-state index contributed by atoms with van der Waals surface area (Å²) in [6.07, 6.45) is 0. The van der Waals surface area contributed by atoms with Crippen molar-refractivity contribution in [1.82, 2.24) is 0 Å². The lowest BCUT2D eigenvalue weighted by Crippen LogP contribution is -2.17. The van der Waals surface area contributed by atoms with Crippen molar-refractivity contribution in [3.05, 3.63) is 521 Å². The van der Waals surface area contributed by atoms with Crippen LogP contribution in [0.5, 0.6) is 0 Å². The largest absolute Gasteiger partial charge is 0.455 e. The van der Waals surface area contributed by atoms with Gasteiger partial charge < -0.3 is 37.3 Å². The van der Waals surface area contributed by atoms with E-state index in [0.29, 0.717) is 0 Å². The van der Waals surface area contributed by atoms with Crippen LogP contribution in [0, 0.1) is 0 Å². The molecule has 0 radical (unpaired) electrons. The van der Waals surface area contributed by atoms with Crippen LogP contribution in [0.4, 0.5) is 68.2 Å². The van der Waals surface area contributed by atoms with Crippen molar-refractivity contribution in [3.8, 4) is 100 Å². The third kappa shape index (κ3) is 14.7. The molecule has 4 heterocycles. The standard InChI is InChI=1S/C135H90N4O4/c1-135(2)125-85-109(137(100-27-8-4-9-28-100)106-74-62-95(63-75-106)113-38-23-41-122-118-34-14-18-44-129(118)142-133(113)122)78-80-114(125)115-81-79-110(86-126(115)135)138(101-29-10-5-11-30-101)107-76-64-96(65-77-107)123-83-98(84-124-119-35-15-19-45-130(119)143-134(123)124)97-24-20-31-108(82-97)139(104-70-58-90(59-71-104)88-48-52-94(53-49-88)112-37-22-40-121-117-33-13-17-43-128(117)141-132(112)121)105-72-60-92(61-73-105)91-56-68-103(69-57-91)136(99-25-6-3-7-26-99)102-66-54-89(55-67-102)87-46-50-93(51-47-87)111-36-21-39-120-116-32-12-16-42-127(116)140-131(111)120/h3-86H,1-2H3. The molecule has 0 amide bonds. The Morgan fingerprint density at radius 1 is 0.140 bits per heavy atom. The van der Waals surface area contributed by atoms with E-state index in [1.807, 2.05) is 36.4 Å². The Balaban J connectivity index is 0.503. The molecule has 674 valence electrons. The number of para-hydroxylation sites is 10. The van der Waals surface area contributed by atoms with Crippen molar-refractivity contribution in [2.24, 2.45) is 0 Å². The Hall–Kier alpha value is -18.8. The monoisotopic (exact) mass is 1830 g/mol. The summed E-state index contributed by atoms with van der Waals surface area (Å²) >= 11 is 0. The lowest BCUT2D eigenvalue weighted by atomic mass is 9.82. The van der Waals surface area contributed by atoms with Crippen LogP contribution in [0.15, 0.2) is 527 Å². The first kappa shape index (κ1) is 83.6. The van der Waals surface area contributed by atoms with Crippen LogP contribution in [0.1, 0.15) is 25.0 Å². The first-order valence-electron chi connectivity index (χ1n) is 48.9. The third-order valence-corrected chi connectivity index (χ3v) is 29.1. The van der Waals surface area contributed by atoms with Crippen molar-refractivity contribution >= 4 is 156 Å². The molecule has 0 spiro atoms. The highest BCUT2D eigenvalue weighted by Crippen LogP contribution is 2.55. The van der Waals surface area contributed by atoms with Crippen LogP contribution in [0.3, 0.4) is 0 Å². The molecule has 143 heavy (non-hydrogen) atoms. The highest BCUT2D eigenvalue weighted by molar-refractivity contribution is 6.14. The highest BCUT2D eigenvalue weighted by Gasteiger charge is 2.38. The summed E-state index contributed by atoms with van der Waals surface area (Å²) in [6, 6.07) is 184. The van der Waals surface area contributed by atoms with E-state index >= 15 is 0 Å².